The van der Waals surface area contributed by atoms with Crippen LogP contribution in [0, 0.1) is 11.6 Å². The highest BCUT2D eigenvalue weighted by atomic mass is 19.1. The number of rotatable bonds is 6. The molecule has 0 aliphatic carbocycles. The predicted molar refractivity (Wildman–Crippen MR) is 84.2 cm³/mol. The summed E-state index contributed by atoms with van der Waals surface area (Å²) in [6, 6.07) is 2.69. The summed E-state index contributed by atoms with van der Waals surface area (Å²) >= 11 is 0. The molecular formula is C16H20F2N4O2. The normalized spacial score (nSPS) is 13.4. The van der Waals surface area contributed by atoms with E-state index in [1.165, 1.54) is 6.20 Å². The van der Waals surface area contributed by atoms with Gasteiger partial charge in [-0.3, -0.25) is 4.68 Å². The molecule has 0 bridgehead atoms. The molecule has 2 rings (SSSR count). The molecule has 2 aromatic rings. The van der Waals surface area contributed by atoms with E-state index in [1.54, 1.807) is 24.9 Å². The predicted octanol–water partition coefficient (Wildman–Crippen LogP) is 1.45. The van der Waals surface area contributed by atoms with Gasteiger partial charge in [-0.1, -0.05) is 0 Å². The third-order valence-electron chi connectivity index (χ3n) is 3.61. The highest BCUT2D eigenvalue weighted by Gasteiger charge is 2.25. The van der Waals surface area contributed by atoms with E-state index in [-0.39, 0.29) is 25.1 Å². The fourth-order valence-corrected chi connectivity index (χ4v) is 2.16. The number of urea groups is 1. The Morgan fingerprint density at radius 3 is 2.79 bits per heavy atom. The number of carbonyl (C=O) groups is 1. The number of nitrogens with zero attached hydrogens (tertiary/aromatic N) is 2. The lowest BCUT2D eigenvalue weighted by Gasteiger charge is -2.22. The minimum Gasteiger partial charge on any atom is -0.383 e. The van der Waals surface area contributed by atoms with Crippen LogP contribution in [0.25, 0.3) is 0 Å². The Balaban J connectivity index is 1.78. The summed E-state index contributed by atoms with van der Waals surface area (Å²) in [6.07, 6.45) is 3.34. The van der Waals surface area contributed by atoms with E-state index in [0.717, 1.165) is 18.2 Å². The molecule has 24 heavy (non-hydrogen) atoms. The molecule has 2 amide bonds. The zero-order valence-corrected chi connectivity index (χ0v) is 13.5. The van der Waals surface area contributed by atoms with E-state index in [2.05, 4.69) is 15.7 Å². The average molecular weight is 338 g/mol. The van der Waals surface area contributed by atoms with Crippen molar-refractivity contribution in [1.29, 1.82) is 0 Å². The highest BCUT2D eigenvalue weighted by molar-refractivity contribution is 5.73. The van der Waals surface area contributed by atoms with Gasteiger partial charge in [-0.15, -0.1) is 0 Å². The minimum atomic E-state index is -1.26. The lowest BCUT2D eigenvalue weighted by Crippen LogP contribution is -2.43. The summed E-state index contributed by atoms with van der Waals surface area (Å²) < 4.78 is 28.1. The van der Waals surface area contributed by atoms with Crippen LogP contribution < -0.4 is 10.6 Å². The summed E-state index contributed by atoms with van der Waals surface area (Å²) in [6.45, 7) is 1.69. The van der Waals surface area contributed by atoms with Crippen molar-refractivity contribution in [2.24, 2.45) is 7.05 Å². The summed E-state index contributed by atoms with van der Waals surface area (Å²) in [5.41, 5.74) is -0.495. The molecule has 0 aliphatic rings. The van der Waals surface area contributed by atoms with Crippen LogP contribution in [-0.2, 0) is 19.1 Å². The van der Waals surface area contributed by atoms with E-state index in [1.807, 2.05) is 0 Å². The quantitative estimate of drug-likeness (QED) is 0.746. The Kier molecular flexibility index (Phi) is 5.50. The van der Waals surface area contributed by atoms with Gasteiger partial charge in [-0.25, -0.2) is 13.6 Å². The first-order valence-electron chi connectivity index (χ1n) is 7.45. The maximum atomic E-state index is 13.5. The molecule has 0 aliphatic heterocycles. The number of aromatic nitrogens is 2. The molecule has 0 spiro atoms. The number of carbonyl (C=O) groups excluding carboxylic acids is 1. The first-order chi connectivity index (χ1) is 11.3. The number of halogens is 2. The lowest BCUT2D eigenvalue weighted by atomic mass is 10.00. The van der Waals surface area contributed by atoms with Crippen LogP contribution in [0.5, 0.6) is 0 Å². The number of hydrogen-bond donors (Lipinski definition) is 3. The molecule has 1 heterocycles. The average Bonchev–Trinajstić information content (AvgIpc) is 2.96. The Bertz CT molecular complexity index is 716. The molecule has 1 atom stereocenters. The second kappa shape index (κ2) is 7.39. The molecule has 0 radical (unpaired) electrons. The van der Waals surface area contributed by atoms with Gasteiger partial charge in [0.1, 0.15) is 17.2 Å². The number of nitrogens with one attached hydrogen (secondary N) is 2. The van der Waals surface area contributed by atoms with Gasteiger partial charge in [-0.05, 0) is 37.1 Å². The third kappa shape index (κ3) is 4.76. The van der Waals surface area contributed by atoms with Crippen molar-refractivity contribution in [2.45, 2.75) is 18.9 Å². The number of aliphatic hydroxyl groups is 1. The fraction of sp³-hybridized carbons (Fsp3) is 0.375. The Labute approximate surface area is 138 Å². The van der Waals surface area contributed by atoms with Crippen LogP contribution in [-0.4, -0.2) is 34.0 Å². The van der Waals surface area contributed by atoms with Crippen LogP contribution in [0.3, 0.4) is 0 Å². The van der Waals surface area contributed by atoms with Crippen molar-refractivity contribution in [1.82, 2.24) is 20.4 Å². The molecule has 3 N–H and O–H groups in total. The van der Waals surface area contributed by atoms with Crippen LogP contribution in [0.4, 0.5) is 13.6 Å². The Hall–Kier alpha value is -2.48. The second-order valence-electron chi connectivity index (χ2n) is 5.77. The SMILES string of the molecule is Cn1cc([C@@](C)(O)CNC(=O)NCCc2cc(F)ccc2F)cn1. The number of aryl methyl sites for hydroxylation is 1. The number of hydrogen-bond acceptors (Lipinski definition) is 3. The second-order valence-corrected chi connectivity index (χ2v) is 5.77. The van der Waals surface area contributed by atoms with E-state index in [0.29, 0.717) is 5.56 Å². The standard InChI is InChI=1S/C16H20F2N4O2/c1-16(24,12-8-21-22(2)9-12)10-20-15(23)19-6-5-11-7-13(17)3-4-14(11)18/h3-4,7-9,24H,5-6,10H2,1-2H3,(H2,19,20,23)/t16-/m0/s1. The van der Waals surface area contributed by atoms with Crippen LogP contribution in [0.15, 0.2) is 30.6 Å². The van der Waals surface area contributed by atoms with Gasteiger partial charge in [0, 0.05) is 25.4 Å². The molecule has 6 nitrogen and oxygen atoms in total. The summed E-state index contributed by atoms with van der Waals surface area (Å²) in [4.78, 5) is 11.7. The maximum Gasteiger partial charge on any atom is 0.314 e. The van der Waals surface area contributed by atoms with Crippen molar-refractivity contribution >= 4 is 6.03 Å². The molecule has 8 heteroatoms. The molecule has 0 unspecified atom stereocenters. The van der Waals surface area contributed by atoms with E-state index in [4.69, 9.17) is 0 Å². The van der Waals surface area contributed by atoms with Crippen molar-refractivity contribution in [3.63, 3.8) is 0 Å². The summed E-state index contributed by atoms with van der Waals surface area (Å²) in [5, 5.41) is 19.4. The van der Waals surface area contributed by atoms with E-state index in [9.17, 15) is 18.7 Å². The van der Waals surface area contributed by atoms with Crippen molar-refractivity contribution in [2.75, 3.05) is 13.1 Å². The van der Waals surface area contributed by atoms with Gasteiger partial charge < -0.3 is 15.7 Å². The smallest absolute Gasteiger partial charge is 0.314 e. The first-order valence-corrected chi connectivity index (χ1v) is 7.45. The van der Waals surface area contributed by atoms with Crippen molar-refractivity contribution in [3.8, 4) is 0 Å². The lowest BCUT2D eigenvalue weighted by molar-refractivity contribution is 0.0593. The minimum absolute atomic E-state index is 0.0150. The third-order valence-corrected chi connectivity index (χ3v) is 3.61. The Morgan fingerprint density at radius 2 is 2.12 bits per heavy atom. The van der Waals surface area contributed by atoms with Crippen molar-refractivity contribution in [3.05, 3.63) is 53.4 Å². The topological polar surface area (TPSA) is 79.2 Å². The highest BCUT2D eigenvalue weighted by Crippen LogP contribution is 2.18. The Morgan fingerprint density at radius 1 is 1.38 bits per heavy atom. The zero-order chi connectivity index (χ0) is 17.7. The summed E-state index contributed by atoms with van der Waals surface area (Å²) in [7, 11) is 1.73. The zero-order valence-electron chi connectivity index (χ0n) is 13.5. The monoisotopic (exact) mass is 338 g/mol. The van der Waals surface area contributed by atoms with Crippen LogP contribution >= 0.6 is 0 Å². The molecule has 0 saturated carbocycles. The van der Waals surface area contributed by atoms with Gasteiger partial charge in [-0.2, -0.15) is 5.10 Å². The molecule has 0 fully saturated rings. The van der Waals surface area contributed by atoms with Gasteiger partial charge in [0.05, 0.1) is 12.7 Å². The fourth-order valence-electron chi connectivity index (χ4n) is 2.16. The molecular weight excluding hydrogens is 318 g/mol. The van der Waals surface area contributed by atoms with Gasteiger partial charge in [0.15, 0.2) is 0 Å². The van der Waals surface area contributed by atoms with Gasteiger partial charge in [0.25, 0.3) is 0 Å². The molecule has 130 valence electrons. The molecule has 1 aromatic carbocycles. The largest absolute Gasteiger partial charge is 0.383 e. The van der Waals surface area contributed by atoms with Crippen molar-refractivity contribution < 1.29 is 18.7 Å². The first kappa shape index (κ1) is 17.9. The maximum absolute atomic E-state index is 13.5. The summed E-state index contributed by atoms with van der Waals surface area (Å²) in [5.74, 6) is -1.04. The number of benzene rings is 1. The van der Waals surface area contributed by atoms with Gasteiger partial charge >= 0.3 is 6.03 Å². The van der Waals surface area contributed by atoms with Crippen LogP contribution in [0.2, 0.25) is 0 Å². The van der Waals surface area contributed by atoms with Gasteiger partial charge in [0.2, 0.25) is 0 Å². The number of amides is 2. The van der Waals surface area contributed by atoms with E-state index < -0.39 is 23.3 Å². The molecule has 1 aromatic heterocycles. The van der Waals surface area contributed by atoms with Crippen LogP contribution in [0.1, 0.15) is 18.1 Å². The molecule has 0 saturated heterocycles. The van der Waals surface area contributed by atoms with E-state index >= 15 is 0 Å².